The average molecular weight is 320 g/mol. The maximum Gasteiger partial charge on any atom is 0.272 e. The van der Waals surface area contributed by atoms with Gasteiger partial charge < -0.3 is 0 Å². The minimum Gasteiger partial charge on any atom is -0.284 e. The first-order valence-corrected chi connectivity index (χ1v) is 8.42. The molecule has 0 spiro atoms. The van der Waals surface area contributed by atoms with Crippen LogP contribution in [0.3, 0.4) is 0 Å². The summed E-state index contributed by atoms with van der Waals surface area (Å²) in [7, 11) is 0. The fourth-order valence-electron chi connectivity index (χ4n) is 3.06. The molecule has 0 radical (unpaired) electrons. The zero-order chi connectivity index (χ0) is 17.3. The summed E-state index contributed by atoms with van der Waals surface area (Å²) in [5.74, 6) is 0.447. The van der Waals surface area contributed by atoms with Crippen molar-refractivity contribution < 1.29 is 0 Å². The summed E-state index contributed by atoms with van der Waals surface area (Å²) in [6.45, 7) is 9.23. The summed E-state index contributed by atoms with van der Waals surface area (Å²) < 4.78 is 2.00. The topological polar surface area (TPSA) is 37.8 Å². The van der Waals surface area contributed by atoms with Crippen molar-refractivity contribution in [2.45, 2.75) is 34.2 Å². The zero-order valence-electron chi connectivity index (χ0n) is 14.8. The fourth-order valence-corrected chi connectivity index (χ4v) is 3.06. The highest BCUT2D eigenvalue weighted by Gasteiger charge is 2.18. The van der Waals surface area contributed by atoms with Gasteiger partial charge in [0.1, 0.15) is 0 Å². The van der Waals surface area contributed by atoms with Crippen LogP contribution in [-0.2, 0) is 6.54 Å². The third-order valence-corrected chi connectivity index (χ3v) is 4.15. The van der Waals surface area contributed by atoms with Crippen molar-refractivity contribution in [3.63, 3.8) is 0 Å². The first kappa shape index (κ1) is 16.3. The fraction of sp³-hybridized carbons (Fsp3) is 0.286. The number of hydrogen-bond acceptors (Lipinski definition) is 1. The molecule has 2 aromatic carbocycles. The summed E-state index contributed by atoms with van der Waals surface area (Å²) in [6.07, 6.45) is 0. The van der Waals surface area contributed by atoms with Crippen molar-refractivity contribution in [3.8, 4) is 22.4 Å². The minimum atomic E-state index is -0.0315. The van der Waals surface area contributed by atoms with Gasteiger partial charge in [0.25, 0.3) is 5.56 Å². The second-order valence-electron chi connectivity index (χ2n) is 6.90. The van der Waals surface area contributed by atoms with Gasteiger partial charge in [-0.1, -0.05) is 67.4 Å². The molecule has 0 saturated carbocycles. The summed E-state index contributed by atoms with van der Waals surface area (Å²) in [5.41, 5.74) is 6.10. The molecule has 0 aliphatic carbocycles. The zero-order valence-corrected chi connectivity index (χ0v) is 14.8. The predicted octanol–water partition coefficient (Wildman–Crippen LogP) is 4.78. The third kappa shape index (κ3) is 3.21. The lowest BCUT2D eigenvalue weighted by Crippen LogP contribution is -2.10. The van der Waals surface area contributed by atoms with Crippen molar-refractivity contribution in [2.24, 2.45) is 5.92 Å². The molecule has 3 rings (SSSR count). The number of benzene rings is 2. The van der Waals surface area contributed by atoms with E-state index in [1.54, 1.807) is 0 Å². The SMILES string of the molecule is Cc1ccc(-c2c(-c3cccc(C)c3)n(CC(C)C)[nH]c2=O)cc1. The highest BCUT2D eigenvalue weighted by atomic mass is 16.1. The normalized spacial score (nSPS) is 11.2. The molecule has 0 aliphatic heterocycles. The molecule has 0 atom stereocenters. The van der Waals surface area contributed by atoms with Gasteiger partial charge in [-0.3, -0.25) is 14.6 Å². The van der Waals surface area contributed by atoms with Crippen molar-refractivity contribution in [1.82, 2.24) is 9.78 Å². The van der Waals surface area contributed by atoms with Gasteiger partial charge in [-0.05, 0) is 31.4 Å². The van der Waals surface area contributed by atoms with Crippen LogP contribution in [0.25, 0.3) is 22.4 Å². The lowest BCUT2D eigenvalue weighted by molar-refractivity contribution is 0.485. The molecule has 0 fully saturated rings. The number of aryl methyl sites for hydroxylation is 2. The Labute approximate surface area is 143 Å². The lowest BCUT2D eigenvalue weighted by atomic mass is 9.99. The Morgan fingerprint density at radius 3 is 2.29 bits per heavy atom. The van der Waals surface area contributed by atoms with E-state index in [9.17, 15) is 4.79 Å². The molecule has 0 unspecified atom stereocenters. The molecule has 0 saturated heterocycles. The summed E-state index contributed by atoms with van der Waals surface area (Å²) in [4.78, 5) is 12.7. The van der Waals surface area contributed by atoms with Crippen LogP contribution in [0.4, 0.5) is 0 Å². The van der Waals surface area contributed by atoms with E-state index in [0.29, 0.717) is 5.92 Å². The molecule has 1 N–H and O–H groups in total. The first-order chi connectivity index (χ1) is 11.5. The van der Waals surface area contributed by atoms with E-state index in [1.807, 2.05) is 22.9 Å². The van der Waals surface area contributed by atoms with Gasteiger partial charge in [0.05, 0.1) is 11.3 Å². The highest BCUT2D eigenvalue weighted by Crippen LogP contribution is 2.30. The number of aromatic nitrogens is 2. The molecule has 24 heavy (non-hydrogen) atoms. The smallest absolute Gasteiger partial charge is 0.272 e. The van der Waals surface area contributed by atoms with E-state index < -0.39 is 0 Å². The van der Waals surface area contributed by atoms with E-state index in [0.717, 1.165) is 28.9 Å². The van der Waals surface area contributed by atoms with Crippen molar-refractivity contribution >= 4 is 0 Å². The highest BCUT2D eigenvalue weighted by molar-refractivity contribution is 5.81. The van der Waals surface area contributed by atoms with E-state index in [4.69, 9.17) is 0 Å². The van der Waals surface area contributed by atoms with Crippen LogP contribution in [-0.4, -0.2) is 9.78 Å². The Hall–Kier alpha value is -2.55. The van der Waals surface area contributed by atoms with Crippen molar-refractivity contribution in [1.29, 1.82) is 0 Å². The number of nitrogens with one attached hydrogen (secondary N) is 1. The molecule has 1 aromatic heterocycles. The monoisotopic (exact) mass is 320 g/mol. The maximum absolute atomic E-state index is 12.7. The number of H-pyrrole nitrogens is 1. The lowest BCUT2D eigenvalue weighted by Gasteiger charge is -2.13. The molecule has 0 amide bonds. The molecular formula is C21H24N2O. The third-order valence-electron chi connectivity index (χ3n) is 4.15. The summed E-state index contributed by atoms with van der Waals surface area (Å²) in [5, 5.41) is 3.04. The van der Waals surface area contributed by atoms with Crippen molar-refractivity contribution in [2.75, 3.05) is 0 Å². The van der Waals surface area contributed by atoms with Crippen LogP contribution in [0, 0.1) is 19.8 Å². The summed E-state index contributed by atoms with van der Waals surface area (Å²) >= 11 is 0. The van der Waals surface area contributed by atoms with Gasteiger partial charge >= 0.3 is 0 Å². The Kier molecular flexibility index (Phi) is 4.43. The predicted molar refractivity (Wildman–Crippen MR) is 100 cm³/mol. The Bertz CT molecular complexity index is 898. The molecule has 3 aromatic rings. The van der Waals surface area contributed by atoms with Gasteiger partial charge in [-0.2, -0.15) is 0 Å². The van der Waals surface area contributed by atoms with Crippen LogP contribution < -0.4 is 5.56 Å². The van der Waals surface area contributed by atoms with Crippen LogP contribution in [0.5, 0.6) is 0 Å². The van der Waals surface area contributed by atoms with Crippen LogP contribution in [0.1, 0.15) is 25.0 Å². The van der Waals surface area contributed by atoms with Gasteiger partial charge in [0.15, 0.2) is 0 Å². The van der Waals surface area contributed by atoms with Crippen LogP contribution in [0.2, 0.25) is 0 Å². The average Bonchev–Trinajstić information content (AvgIpc) is 2.83. The first-order valence-electron chi connectivity index (χ1n) is 8.42. The van der Waals surface area contributed by atoms with E-state index in [-0.39, 0.29) is 5.56 Å². The maximum atomic E-state index is 12.7. The molecule has 3 nitrogen and oxygen atoms in total. The molecular weight excluding hydrogens is 296 g/mol. The Morgan fingerprint density at radius 1 is 0.958 bits per heavy atom. The van der Waals surface area contributed by atoms with Gasteiger partial charge in [-0.15, -0.1) is 0 Å². The Morgan fingerprint density at radius 2 is 1.67 bits per heavy atom. The number of hydrogen-bond donors (Lipinski definition) is 1. The molecule has 124 valence electrons. The second kappa shape index (κ2) is 6.52. The molecule has 0 aliphatic rings. The largest absolute Gasteiger partial charge is 0.284 e. The Balaban J connectivity index is 2.26. The van der Waals surface area contributed by atoms with E-state index in [1.165, 1.54) is 11.1 Å². The van der Waals surface area contributed by atoms with E-state index >= 15 is 0 Å². The quantitative estimate of drug-likeness (QED) is 0.738. The number of aromatic amines is 1. The number of nitrogens with zero attached hydrogens (tertiary/aromatic N) is 1. The second-order valence-corrected chi connectivity index (χ2v) is 6.90. The van der Waals surface area contributed by atoms with E-state index in [2.05, 4.69) is 63.1 Å². The standard InChI is InChI=1S/C21H24N2O/c1-14(2)13-23-20(18-7-5-6-16(4)12-18)19(21(24)22-23)17-10-8-15(3)9-11-17/h5-12,14H,13H2,1-4H3,(H,22,24). The van der Waals surface area contributed by atoms with Crippen LogP contribution in [0.15, 0.2) is 53.3 Å². The van der Waals surface area contributed by atoms with Crippen molar-refractivity contribution in [3.05, 3.63) is 70.0 Å². The van der Waals surface area contributed by atoms with Gasteiger partial charge in [0, 0.05) is 12.1 Å². The van der Waals surface area contributed by atoms with Gasteiger partial charge in [-0.25, -0.2) is 0 Å². The summed E-state index contributed by atoms with van der Waals surface area (Å²) in [6, 6.07) is 16.5. The minimum absolute atomic E-state index is 0.0315. The van der Waals surface area contributed by atoms with Gasteiger partial charge in [0.2, 0.25) is 0 Å². The molecule has 3 heteroatoms. The molecule has 1 heterocycles. The number of rotatable bonds is 4. The van der Waals surface area contributed by atoms with Crippen LogP contribution >= 0.6 is 0 Å². The molecule has 0 bridgehead atoms.